The fraction of sp³-hybridized carbons (Fsp3) is 0.154. The van der Waals surface area contributed by atoms with Gasteiger partial charge in [0.25, 0.3) is 10.0 Å². The number of benzene rings is 2. The maximum Gasteiger partial charge on any atom is 0.265 e. The number of carbonyl (C=O) groups excluding carboxylic acids is 1. The van der Waals surface area contributed by atoms with Gasteiger partial charge in [0.15, 0.2) is 0 Å². The molecule has 6 heteroatoms. The molecule has 0 unspecified atom stereocenters. The quantitative estimate of drug-likeness (QED) is 0.817. The van der Waals surface area contributed by atoms with Crippen LogP contribution < -0.4 is 9.41 Å². The van der Waals surface area contributed by atoms with Gasteiger partial charge in [-0.2, -0.15) is 0 Å². The molecule has 98 valence electrons. The van der Waals surface area contributed by atoms with Crippen LogP contribution in [0.25, 0.3) is 10.8 Å². The Morgan fingerprint density at radius 2 is 1.84 bits per heavy atom. The summed E-state index contributed by atoms with van der Waals surface area (Å²) in [6.07, 6.45) is -0.330. The predicted molar refractivity (Wildman–Crippen MR) is 68.1 cm³/mol. The number of carbonyl (C=O) groups is 1. The number of sulfonamides is 1. The van der Waals surface area contributed by atoms with E-state index in [9.17, 15) is 18.3 Å². The third kappa shape index (κ3) is 1.67. The summed E-state index contributed by atoms with van der Waals surface area (Å²) in [5.74, 6) is -1.27. The van der Waals surface area contributed by atoms with Crippen LogP contribution in [0.2, 0.25) is 0 Å². The van der Waals surface area contributed by atoms with Crippen LogP contribution in [0.3, 0.4) is 0 Å². The van der Waals surface area contributed by atoms with Crippen molar-refractivity contribution in [1.29, 1.82) is 0 Å². The number of hydrogen-bond acceptors (Lipinski definition) is 4. The highest BCUT2D eigenvalue weighted by atomic mass is 32.2. The molecule has 2 aromatic rings. The van der Waals surface area contributed by atoms with Gasteiger partial charge in [0.05, 0.1) is 10.6 Å². The van der Waals surface area contributed by atoms with Gasteiger partial charge in [-0.15, -0.1) is 0 Å². The molecule has 0 amide bonds. The summed E-state index contributed by atoms with van der Waals surface area (Å²) in [7, 11) is -3.65. The molecular weight excluding hydrogens is 266 g/mol. The number of hydrogen-bond donors (Lipinski definition) is 0. The highest BCUT2D eigenvalue weighted by Gasteiger charge is 2.34. The fourth-order valence-electron chi connectivity index (χ4n) is 2.39. The fourth-order valence-corrected chi connectivity index (χ4v) is 4.10. The summed E-state index contributed by atoms with van der Waals surface area (Å²) in [6.45, 7) is -0.113. The first kappa shape index (κ1) is 12.0. The van der Waals surface area contributed by atoms with Crippen molar-refractivity contribution in [2.75, 3.05) is 10.8 Å². The van der Waals surface area contributed by atoms with Gasteiger partial charge in [-0.25, -0.2) is 8.42 Å². The molecule has 0 bridgehead atoms. The van der Waals surface area contributed by atoms with E-state index in [0.717, 1.165) is 9.69 Å². The Balaban J connectivity index is 2.21. The summed E-state index contributed by atoms with van der Waals surface area (Å²) < 4.78 is 25.9. The van der Waals surface area contributed by atoms with Gasteiger partial charge in [-0.05, 0) is 17.5 Å². The van der Waals surface area contributed by atoms with Gasteiger partial charge in [-0.3, -0.25) is 4.31 Å². The van der Waals surface area contributed by atoms with Crippen LogP contribution >= 0.6 is 0 Å². The third-order valence-electron chi connectivity index (χ3n) is 3.20. The number of rotatable bonds is 3. The van der Waals surface area contributed by atoms with Gasteiger partial charge in [0, 0.05) is 24.3 Å². The monoisotopic (exact) mass is 276 g/mol. The molecule has 1 aliphatic heterocycles. The molecule has 1 aliphatic rings. The van der Waals surface area contributed by atoms with E-state index in [4.69, 9.17) is 0 Å². The molecule has 0 fully saturated rings. The van der Waals surface area contributed by atoms with E-state index in [1.54, 1.807) is 24.3 Å². The molecule has 0 aromatic heterocycles. The SMILES string of the molecule is O=C([O-])CCN1c2cccc3cccc(c23)S1(=O)=O. The Morgan fingerprint density at radius 3 is 2.53 bits per heavy atom. The van der Waals surface area contributed by atoms with Gasteiger partial charge in [-0.1, -0.05) is 24.3 Å². The lowest BCUT2D eigenvalue weighted by atomic mass is 10.1. The number of nitrogens with zero attached hydrogens (tertiary/aromatic N) is 1. The molecule has 2 aromatic carbocycles. The molecule has 3 rings (SSSR count). The summed E-state index contributed by atoms with van der Waals surface area (Å²) in [4.78, 5) is 10.8. The summed E-state index contributed by atoms with van der Waals surface area (Å²) in [6, 6.07) is 10.3. The normalized spacial score (nSPS) is 15.9. The van der Waals surface area contributed by atoms with Crippen LogP contribution in [0, 0.1) is 0 Å². The van der Waals surface area contributed by atoms with E-state index in [-0.39, 0.29) is 17.9 Å². The number of aliphatic carboxylic acids is 1. The second-order valence-corrected chi connectivity index (χ2v) is 6.16. The Morgan fingerprint density at radius 1 is 1.16 bits per heavy atom. The van der Waals surface area contributed by atoms with Crippen molar-refractivity contribution in [2.24, 2.45) is 0 Å². The van der Waals surface area contributed by atoms with Crippen molar-refractivity contribution in [3.05, 3.63) is 36.4 Å². The standard InChI is InChI=1S/C13H11NO4S/c15-12(16)7-8-14-10-5-1-3-9-4-2-6-11(13(9)10)19(14,17)18/h1-6H,7-8H2,(H,15,16)/p-1. The summed E-state index contributed by atoms with van der Waals surface area (Å²) in [5, 5.41) is 12.0. The molecule has 0 aliphatic carbocycles. The Kier molecular flexibility index (Phi) is 2.50. The number of carboxylic acids is 1. The molecule has 0 radical (unpaired) electrons. The highest BCUT2D eigenvalue weighted by Crippen LogP contribution is 2.41. The average Bonchev–Trinajstić information content (AvgIpc) is 2.58. The molecule has 0 saturated carbocycles. The minimum atomic E-state index is -3.65. The number of carboxylic acid groups (broad SMARTS) is 1. The zero-order chi connectivity index (χ0) is 13.6. The lowest BCUT2D eigenvalue weighted by Crippen LogP contribution is -2.33. The number of anilines is 1. The molecule has 0 spiro atoms. The van der Waals surface area contributed by atoms with Gasteiger partial charge < -0.3 is 9.90 Å². The second kappa shape index (κ2) is 3.96. The summed E-state index contributed by atoms with van der Waals surface area (Å²) >= 11 is 0. The van der Waals surface area contributed by atoms with E-state index in [1.807, 2.05) is 12.1 Å². The zero-order valence-corrected chi connectivity index (χ0v) is 10.7. The first-order valence-electron chi connectivity index (χ1n) is 5.76. The van der Waals surface area contributed by atoms with Crippen molar-refractivity contribution in [2.45, 2.75) is 11.3 Å². The minimum Gasteiger partial charge on any atom is -0.550 e. The van der Waals surface area contributed by atoms with Crippen molar-refractivity contribution < 1.29 is 18.3 Å². The smallest absolute Gasteiger partial charge is 0.265 e. The molecule has 5 nitrogen and oxygen atoms in total. The van der Waals surface area contributed by atoms with Crippen molar-refractivity contribution in [1.82, 2.24) is 0 Å². The Hall–Kier alpha value is -2.08. The van der Waals surface area contributed by atoms with E-state index in [0.29, 0.717) is 11.1 Å². The van der Waals surface area contributed by atoms with Crippen LogP contribution in [0.15, 0.2) is 41.3 Å². The largest absolute Gasteiger partial charge is 0.550 e. The maximum atomic E-state index is 12.4. The van der Waals surface area contributed by atoms with Gasteiger partial charge in [0.2, 0.25) is 0 Å². The first-order valence-corrected chi connectivity index (χ1v) is 7.20. The van der Waals surface area contributed by atoms with Crippen LogP contribution in [-0.4, -0.2) is 20.9 Å². The van der Waals surface area contributed by atoms with Gasteiger partial charge >= 0.3 is 0 Å². The average molecular weight is 276 g/mol. The zero-order valence-electron chi connectivity index (χ0n) is 9.87. The molecule has 0 atom stereocenters. The molecule has 0 N–H and O–H groups in total. The Labute approximate surface area is 110 Å². The van der Waals surface area contributed by atoms with E-state index in [2.05, 4.69) is 0 Å². The lowest BCUT2D eigenvalue weighted by molar-refractivity contribution is -0.305. The van der Waals surface area contributed by atoms with E-state index >= 15 is 0 Å². The van der Waals surface area contributed by atoms with E-state index < -0.39 is 16.0 Å². The van der Waals surface area contributed by atoms with Crippen LogP contribution in [-0.2, 0) is 14.8 Å². The van der Waals surface area contributed by atoms with E-state index in [1.165, 1.54) is 0 Å². The van der Waals surface area contributed by atoms with Crippen molar-refractivity contribution in [3.8, 4) is 0 Å². The highest BCUT2D eigenvalue weighted by molar-refractivity contribution is 7.93. The molecular formula is C13H10NO4S-. The minimum absolute atomic E-state index is 0.113. The first-order chi connectivity index (χ1) is 9.01. The maximum absolute atomic E-state index is 12.4. The third-order valence-corrected chi connectivity index (χ3v) is 5.06. The van der Waals surface area contributed by atoms with Crippen LogP contribution in [0.4, 0.5) is 5.69 Å². The van der Waals surface area contributed by atoms with Crippen molar-refractivity contribution >= 4 is 32.5 Å². The van der Waals surface area contributed by atoms with Crippen molar-refractivity contribution in [3.63, 3.8) is 0 Å². The lowest BCUT2D eigenvalue weighted by Gasteiger charge is -2.18. The molecule has 19 heavy (non-hydrogen) atoms. The van der Waals surface area contributed by atoms with Crippen LogP contribution in [0.1, 0.15) is 6.42 Å². The van der Waals surface area contributed by atoms with Crippen LogP contribution in [0.5, 0.6) is 0 Å². The topological polar surface area (TPSA) is 77.5 Å². The molecule has 1 heterocycles. The second-order valence-electron chi connectivity index (χ2n) is 4.33. The molecule has 0 saturated heterocycles. The Bertz CT molecular complexity index is 777. The summed E-state index contributed by atoms with van der Waals surface area (Å²) in [5.41, 5.74) is 0.536. The van der Waals surface area contributed by atoms with Gasteiger partial charge in [0.1, 0.15) is 0 Å². The predicted octanol–water partition coefficient (Wildman–Crippen LogP) is 0.488.